The van der Waals surface area contributed by atoms with E-state index >= 15 is 0 Å². The van der Waals surface area contributed by atoms with Crippen molar-refractivity contribution in [1.82, 2.24) is 5.32 Å². The molecule has 0 aliphatic heterocycles. The summed E-state index contributed by atoms with van der Waals surface area (Å²) in [5.74, 6) is -1.68. The van der Waals surface area contributed by atoms with E-state index in [0.717, 1.165) is 11.1 Å². The van der Waals surface area contributed by atoms with Crippen molar-refractivity contribution in [3.05, 3.63) is 71.8 Å². The molecule has 126 valence electrons. The highest BCUT2D eigenvalue weighted by Gasteiger charge is 2.21. The molecule has 2 aromatic rings. The van der Waals surface area contributed by atoms with Gasteiger partial charge in [-0.2, -0.15) is 0 Å². The van der Waals surface area contributed by atoms with Gasteiger partial charge in [-0.1, -0.05) is 60.7 Å². The van der Waals surface area contributed by atoms with Gasteiger partial charge in [0.05, 0.1) is 18.9 Å². The molecule has 0 fully saturated rings. The molecule has 5 nitrogen and oxygen atoms in total. The number of aliphatic hydroxyl groups is 1. The number of amides is 1. The van der Waals surface area contributed by atoms with Crippen molar-refractivity contribution < 1.29 is 19.4 Å². The van der Waals surface area contributed by atoms with Crippen molar-refractivity contribution in [1.29, 1.82) is 0 Å². The molecule has 0 aliphatic rings. The minimum absolute atomic E-state index is 0.149. The van der Waals surface area contributed by atoms with Crippen LogP contribution < -0.4 is 5.32 Å². The molecule has 0 aromatic heterocycles. The van der Waals surface area contributed by atoms with E-state index in [4.69, 9.17) is 4.74 Å². The van der Waals surface area contributed by atoms with Crippen LogP contribution in [0.4, 0.5) is 0 Å². The fourth-order valence-corrected chi connectivity index (χ4v) is 2.17. The molecule has 5 heteroatoms. The minimum Gasteiger partial charge on any atom is -0.461 e. The number of nitrogens with one attached hydrogen (secondary N) is 1. The van der Waals surface area contributed by atoms with Crippen molar-refractivity contribution in [3.8, 4) is 0 Å². The molecule has 0 saturated heterocycles. The maximum absolute atomic E-state index is 12.1. The van der Waals surface area contributed by atoms with E-state index in [1.165, 1.54) is 0 Å². The molecule has 0 heterocycles. The van der Waals surface area contributed by atoms with Gasteiger partial charge >= 0.3 is 5.97 Å². The van der Waals surface area contributed by atoms with Crippen LogP contribution in [0.25, 0.3) is 0 Å². The second kappa shape index (κ2) is 9.47. The van der Waals surface area contributed by atoms with Crippen LogP contribution in [0.1, 0.15) is 17.5 Å². The van der Waals surface area contributed by atoms with Crippen molar-refractivity contribution in [2.45, 2.75) is 19.6 Å². The number of rotatable bonds is 8. The minimum atomic E-state index is -0.808. The Morgan fingerprint density at radius 3 is 2.12 bits per heavy atom. The highest BCUT2D eigenvalue weighted by atomic mass is 16.5. The molecule has 1 amide bonds. The maximum atomic E-state index is 12.1. The summed E-state index contributed by atoms with van der Waals surface area (Å²) < 4.78 is 5.14. The Balaban J connectivity index is 1.77. The zero-order valence-corrected chi connectivity index (χ0v) is 13.4. The van der Waals surface area contributed by atoms with E-state index < -0.39 is 18.5 Å². The van der Waals surface area contributed by atoms with Gasteiger partial charge in [-0.3, -0.25) is 9.59 Å². The summed E-state index contributed by atoms with van der Waals surface area (Å²) in [5.41, 5.74) is 1.83. The van der Waals surface area contributed by atoms with Gasteiger partial charge in [-0.05, 0) is 11.1 Å². The number of carbonyl (C=O) groups is 2. The van der Waals surface area contributed by atoms with E-state index in [-0.39, 0.29) is 18.9 Å². The summed E-state index contributed by atoms with van der Waals surface area (Å²) >= 11 is 0. The SMILES string of the molecule is O=C(C[C@H](CO)C(=O)NCc1ccccc1)OCc1ccccc1. The van der Waals surface area contributed by atoms with Crippen molar-refractivity contribution in [2.75, 3.05) is 6.61 Å². The molecule has 2 aromatic carbocycles. The first-order valence-corrected chi connectivity index (χ1v) is 7.81. The summed E-state index contributed by atoms with van der Waals surface area (Å²) in [5, 5.41) is 12.1. The van der Waals surface area contributed by atoms with Crippen molar-refractivity contribution in [3.63, 3.8) is 0 Å². The quantitative estimate of drug-likeness (QED) is 0.728. The molecule has 0 bridgehead atoms. The predicted molar refractivity (Wildman–Crippen MR) is 89.7 cm³/mol. The van der Waals surface area contributed by atoms with Gasteiger partial charge < -0.3 is 15.2 Å². The zero-order chi connectivity index (χ0) is 17.2. The first-order chi connectivity index (χ1) is 11.7. The fraction of sp³-hybridized carbons (Fsp3) is 0.263. The van der Waals surface area contributed by atoms with Gasteiger partial charge in [0.1, 0.15) is 6.61 Å². The molecule has 24 heavy (non-hydrogen) atoms. The first kappa shape index (κ1) is 17.7. The lowest BCUT2D eigenvalue weighted by molar-refractivity contribution is -0.148. The number of ether oxygens (including phenoxy) is 1. The van der Waals surface area contributed by atoms with E-state index in [9.17, 15) is 14.7 Å². The van der Waals surface area contributed by atoms with Gasteiger partial charge in [0.25, 0.3) is 0 Å². The Kier molecular flexibility index (Phi) is 6.98. The number of benzene rings is 2. The molecule has 0 unspecified atom stereocenters. The Bertz CT molecular complexity index is 643. The number of esters is 1. The van der Waals surface area contributed by atoms with Crippen LogP contribution in [0.5, 0.6) is 0 Å². The number of carbonyl (C=O) groups excluding carboxylic acids is 2. The number of aliphatic hydroxyl groups excluding tert-OH is 1. The van der Waals surface area contributed by atoms with Crippen LogP contribution in [-0.4, -0.2) is 23.6 Å². The van der Waals surface area contributed by atoms with Gasteiger partial charge in [-0.15, -0.1) is 0 Å². The van der Waals surface area contributed by atoms with E-state index in [0.29, 0.717) is 6.54 Å². The molecule has 0 spiro atoms. The van der Waals surface area contributed by atoms with Crippen LogP contribution in [-0.2, 0) is 27.5 Å². The van der Waals surface area contributed by atoms with Gasteiger partial charge in [-0.25, -0.2) is 0 Å². The lowest BCUT2D eigenvalue weighted by Crippen LogP contribution is -2.34. The largest absolute Gasteiger partial charge is 0.461 e. The highest BCUT2D eigenvalue weighted by Crippen LogP contribution is 2.08. The lowest BCUT2D eigenvalue weighted by Gasteiger charge is -2.14. The summed E-state index contributed by atoms with van der Waals surface area (Å²) in [6.45, 7) is 0.111. The Morgan fingerprint density at radius 2 is 1.54 bits per heavy atom. The third-order valence-electron chi connectivity index (χ3n) is 3.56. The lowest BCUT2D eigenvalue weighted by atomic mass is 10.1. The monoisotopic (exact) mass is 327 g/mol. The van der Waals surface area contributed by atoms with Gasteiger partial charge in [0, 0.05) is 6.54 Å². The van der Waals surface area contributed by atoms with Gasteiger partial charge in [0.15, 0.2) is 0 Å². The maximum Gasteiger partial charge on any atom is 0.307 e. The average molecular weight is 327 g/mol. The van der Waals surface area contributed by atoms with Crippen molar-refractivity contribution in [2.24, 2.45) is 5.92 Å². The number of hydrogen-bond donors (Lipinski definition) is 2. The Hall–Kier alpha value is -2.66. The van der Waals surface area contributed by atoms with Crippen LogP contribution in [0.15, 0.2) is 60.7 Å². The molecule has 0 radical (unpaired) electrons. The summed E-state index contributed by atoms with van der Waals surface area (Å²) in [6.07, 6.45) is -0.149. The second-order valence-corrected chi connectivity index (χ2v) is 5.43. The zero-order valence-electron chi connectivity index (χ0n) is 13.4. The highest BCUT2D eigenvalue weighted by molar-refractivity contribution is 5.83. The van der Waals surface area contributed by atoms with Crippen molar-refractivity contribution >= 4 is 11.9 Å². The summed E-state index contributed by atoms with van der Waals surface area (Å²) in [4.78, 5) is 23.9. The third-order valence-corrected chi connectivity index (χ3v) is 3.56. The van der Waals surface area contributed by atoms with Crippen LogP contribution in [0.3, 0.4) is 0 Å². The van der Waals surface area contributed by atoms with Crippen LogP contribution >= 0.6 is 0 Å². The average Bonchev–Trinajstić information content (AvgIpc) is 2.64. The van der Waals surface area contributed by atoms with Gasteiger partial charge in [0.2, 0.25) is 5.91 Å². The standard InChI is InChI=1S/C19H21NO4/c21-13-17(19(23)20-12-15-7-3-1-4-8-15)11-18(22)24-14-16-9-5-2-6-10-16/h1-10,17,21H,11-14H2,(H,20,23)/t17-/m1/s1. The molecule has 0 aliphatic carbocycles. The molecule has 0 saturated carbocycles. The predicted octanol–water partition coefficient (Wildman–Crippen LogP) is 2.04. The van der Waals surface area contributed by atoms with E-state index in [1.54, 1.807) is 0 Å². The fourth-order valence-electron chi connectivity index (χ4n) is 2.17. The Morgan fingerprint density at radius 1 is 0.958 bits per heavy atom. The summed E-state index contributed by atoms with van der Waals surface area (Å²) in [7, 11) is 0. The van der Waals surface area contributed by atoms with E-state index in [2.05, 4.69) is 5.32 Å². The second-order valence-electron chi connectivity index (χ2n) is 5.43. The molecule has 1 atom stereocenters. The molecule has 2 N–H and O–H groups in total. The Labute approximate surface area is 141 Å². The normalized spacial score (nSPS) is 11.5. The smallest absolute Gasteiger partial charge is 0.307 e. The van der Waals surface area contributed by atoms with Crippen LogP contribution in [0.2, 0.25) is 0 Å². The third kappa shape index (κ3) is 5.85. The topological polar surface area (TPSA) is 75.6 Å². The number of hydrogen-bond acceptors (Lipinski definition) is 4. The molecule has 2 rings (SSSR count). The molecular weight excluding hydrogens is 306 g/mol. The first-order valence-electron chi connectivity index (χ1n) is 7.81. The molecular formula is C19H21NO4. The van der Waals surface area contributed by atoms with E-state index in [1.807, 2.05) is 60.7 Å². The van der Waals surface area contributed by atoms with Crippen LogP contribution in [0, 0.1) is 5.92 Å². The summed E-state index contributed by atoms with van der Waals surface area (Å²) in [6, 6.07) is 18.7.